The Morgan fingerprint density at radius 2 is 2.04 bits per heavy atom. The summed E-state index contributed by atoms with van der Waals surface area (Å²) < 4.78 is 3.97. The molecule has 0 spiro atoms. The van der Waals surface area contributed by atoms with Crippen molar-refractivity contribution in [3.05, 3.63) is 42.0 Å². The molecule has 0 unspecified atom stereocenters. The summed E-state index contributed by atoms with van der Waals surface area (Å²) in [5.41, 5.74) is 3.82. The van der Waals surface area contributed by atoms with Crippen LogP contribution < -0.4 is 4.90 Å². The molecule has 6 nitrogen and oxygen atoms in total. The van der Waals surface area contributed by atoms with E-state index in [1.165, 1.54) is 11.3 Å². The van der Waals surface area contributed by atoms with E-state index < -0.39 is 0 Å². The first kappa shape index (κ1) is 14.2. The molecular weight excluding hydrogens is 288 g/mol. The smallest absolute Gasteiger partial charge is 0.157 e. The molecule has 6 heteroatoms. The van der Waals surface area contributed by atoms with Gasteiger partial charge >= 0.3 is 0 Å². The first-order valence-electron chi connectivity index (χ1n) is 8.08. The van der Waals surface area contributed by atoms with E-state index in [0.29, 0.717) is 0 Å². The summed E-state index contributed by atoms with van der Waals surface area (Å²) in [7, 11) is 0. The van der Waals surface area contributed by atoms with E-state index in [9.17, 15) is 0 Å². The molecule has 0 atom stereocenters. The van der Waals surface area contributed by atoms with Gasteiger partial charge in [-0.15, -0.1) is 0 Å². The van der Waals surface area contributed by atoms with Crippen molar-refractivity contribution in [3.8, 4) is 0 Å². The van der Waals surface area contributed by atoms with Crippen molar-refractivity contribution in [2.75, 3.05) is 11.4 Å². The third-order valence-electron chi connectivity index (χ3n) is 4.21. The minimum absolute atomic E-state index is 0.242. The van der Waals surface area contributed by atoms with Crippen LogP contribution in [0.15, 0.2) is 30.7 Å². The van der Waals surface area contributed by atoms with Crippen LogP contribution in [0.1, 0.15) is 32.0 Å². The Morgan fingerprint density at radius 3 is 2.87 bits per heavy atom. The molecule has 0 aliphatic carbocycles. The maximum Gasteiger partial charge on any atom is 0.157 e. The summed E-state index contributed by atoms with van der Waals surface area (Å²) in [6.45, 7) is 9.56. The van der Waals surface area contributed by atoms with Gasteiger partial charge in [-0.25, -0.2) is 9.50 Å². The Hall–Kier alpha value is -2.37. The average molecular weight is 310 g/mol. The fourth-order valence-electron chi connectivity index (χ4n) is 3.16. The molecule has 0 saturated heterocycles. The lowest BCUT2D eigenvalue weighted by Gasteiger charge is -2.29. The second-order valence-corrected chi connectivity index (χ2v) is 7.43. The molecule has 0 aromatic carbocycles. The standard InChI is InChI=1S/C17H22N6/c1-17(2,3)12-23-14-5-8-21(11-13(14)10-19-23)15-6-9-22-16(20-15)4-7-18-22/h4,6-7,9-10H,5,8,11-12H2,1-3H3. The lowest BCUT2D eigenvalue weighted by Crippen LogP contribution is -2.32. The molecule has 4 rings (SSSR count). The van der Waals surface area contributed by atoms with E-state index in [-0.39, 0.29) is 5.41 Å². The van der Waals surface area contributed by atoms with Crippen LogP contribution >= 0.6 is 0 Å². The van der Waals surface area contributed by atoms with Gasteiger partial charge in [-0.1, -0.05) is 20.8 Å². The Morgan fingerprint density at radius 1 is 1.17 bits per heavy atom. The average Bonchev–Trinajstić information content (AvgIpc) is 3.11. The van der Waals surface area contributed by atoms with Crippen molar-refractivity contribution in [1.29, 1.82) is 0 Å². The highest BCUT2D eigenvalue weighted by Gasteiger charge is 2.23. The fourth-order valence-corrected chi connectivity index (χ4v) is 3.16. The van der Waals surface area contributed by atoms with Crippen molar-refractivity contribution >= 4 is 11.5 Å². The Balaban J connectivity index is 1.59. The fraction of sp³-hybridized carbons (Fsp3) is 0.471. The van der Waals surface area contributed by atoms with Crippen LogP contribution in [-0.2, 0) is 19.5 Å². The number of hydrogen-bond acceptors (Lipinski definition) is 4. The topological polar surface area (TPSA) is 51.2 Å². The molecule has 0 N–H and O–H groups in total. The normalized spacial score (nSPS) is 15.2. The SMILES string of the molecule is CC(C)(C)Cn1ncc2c1CCN(c1ccn3nccc3n1)C2. The van der Waals surface area contributed by atoms with Crippen LogP contribution in [0.25, 0.3) is 5.65 Å². The minimum atomic E-state index is 0.242. The molecule has 0 bridgehead atoms. The van der Waals surface area contributed by atoms with Gasteiger partial charge in [0.1, 0.15) is 5.82 Å². The van der Waals surface area contributed by atoms with Crippen LogP contribution in [0.2, 0.25) is 0 Å². The second kappa shape index (κ2) is 5.08. The molecular formula is C17H22N6. The van der Waals surface area contributed by atoms with Crippen molar-refractivity contribution in [2.24, 2.45) is 5.41 Å². The van der Waals surface area contributed by atoms with Gasteiger partial charge in [0, 0.05) is 49.6 Å². The van der Waals surface area contributed by atoms with Gasteiger partial charge in [-0.3, -0.25) is 4.68 Å². The quantitative estimate of drug-likeness (QED) is 0.730. The van der Waals surface area contributed by atoms with Crippen molar-refractivity contribution < 1.29 is 0 Å². The molecule has 0 fully saturated rings. The molecule has 3 aromatic rings. The van der Waals surface area contributed by atoms with Gasteiger partial charge in [-0.2, -0.15) is 10.2 Å². The van der Waals surface area contributed by atoms with E-state index in [2.05, 4.69) is 40.6 Å². The van der Waals surface area contributed by atoms with E-state index >= 15 is 0 Å². The predicted octanol–water partition coefficient (Wildman–Crippen LogP) is 2.53. The third-order valence-corrected chi connectivity index (χ3v) is 4.21. The summed E-state index contributed by atoms with van der Waals surface area (Å²) in [6.07, 6.45) is 6.77. The summed E-state index contributed by atoms with van der Waals surface area (Å²) in [4.78, 5) is 7.02. The summed E-state index contributed by atoms with van der Waals surface area (Å²) in [5.74, 6) is 1.01. The van der Waals surface area contributed by atoms with Gasteiger partial charge in [-0.05, 0) is 11.5 Å². The molecule has 3 aromatic heterocycles. The van der Waals surface area contributed by atoms with Gasteiger partial charge in [0.05, 0.1) is 12.4 Å². The van der Waals surface area contributed by atoms with Crippen molar-refractivity contribution in [2.45, 2.75) is 40.3 Å². The van der Waals surface area contributed by atoms with E-state index in [1.54, 1.807) is 10.7 Å². The largest absolute Gasteiger partial charge is 0.352 e. The van der Waals surface area contributed by atoms with Crippen LogP contribution in [-0.4, -0.2) is 30.9 Å². The van der Waals surface area contributed by atoms with Crippen LogP contribution in [0.5, 0.6) is 0 Å². The molecule has 0 saturated carbocycles. The number of rotatable bonds is 2. The minimum Gasteiger partial charge on any atom is -0.352 e. The molecule has 23 heavy (non-hydrogen) atoms. The number of aromatic nitrogens is 5. The van der Waals surface area contributed by atoms with Crippen LogP contribution in [0.3, 0.4) is 0 Å². The predicted molar refractivity (Wildman–Crippen MR) is 89.4 cm³/mol. The van der Waals surface area contributed by atoms with Gasteiger partial charge in [0.15, 0.2) is 5.65 Å². The third kappa shape index (κ3) is 2.69. The van der Waals surface area contributed by atoms with Gasteiger partial charge < -0.3 is 4.90 Å². The molecule has 4 heterocycles. The monoisotopic (exact) mass is 310 g/mol. The lowest BCUT2D eigenvalue weighted by molar-refractivity contribution is 0.318. The zero-order chi connectivity index (χ0) is 16.0. The molecule has 0 radical (unpaired) electrons. The van der Waals surface area contributed by atoms with E-state index in [4.69, 9.17) is 4.98 Å². The second-order valence-electron chi connectivity index (χ2n) is 7.43. The number of hydrogen-bond donors (Lipinski definition) is 0. The summed E-state index contributed by atoms with van der Waals surface area (Å²) in [5, 5.41) is 8.81. The lowest BCUT2D eigenvalue weighted by atomic mass is 9.96. The number of fused-ring (bicyclic) bond motifs is 2. The molecule has 1 aliphatic heterocycles. The van der Waals surface area contributed by atoms with Crippen molar-refractivity contribution in [3.63, 3.8) is 0 Å². The number of anilines is 1. The van der Waals surface area contributed by atoms with Crippen LogP contribution in [0, 0.1) is 5.41 Å². The maximum absolute atomic E-state index is 4.70. The highest BCUT2D eigenvalue weighted by atomic mass is 15.3. The van der Waals surface area contributed by atoms with Gasteiger partial charge in [0.2, 0.25) is 0 Å². The zero-order valence-electron chi connectivity index (χ0n) is 13.9. The van der Waals surface area contributed by atoms with Gasteiger partial charge in [0.25, 0.3) is 0 Å². The first-order valence-corrected chi connectivity index (χ1v) is 8.08. The van der Waals surface area contributed by atoms with Crippen LogP contribution in [0.4, 0.5) is 5.82 Å². The summed E-state index contributed by atoms with van der Waals surface area (Å²) >= 11 is 0. The number of nitrogens with zero attached hydrogens (tertiary/aromatic N) is 6. The van der Waals surface area contributed by atoms with Crippen molar-refractivity contribution in [1.82, 2.24) is 24.4 Å². The summed E-state index contributed by atoms with van der Waals surface area (Å²) in [6, 6.07) is 3.96. The molecule has 120 valence electrons. The Kier molecular flexibility index (Phi) is 3.14. The Bertz CT molecular complexity index is 838. The Labute approximate surface area is 135 Å². The maximum atomic E-state index is 4.70. The van der Waals surface area contributed by atoms with E-state index in [1.807, 2.05) is 24.5 Å². The highest BCUT2D eigenvalue weighted by Crippen LogP contribution is 2.25. The highest BCUT2D eigenvalue weighted by molar-refractivity contribution is 5.49. The first-order chi connectivity index (χ1) is 11.0. The molecule has 0 amide bonds. The van der Waals surface area contributed by atoms with E-state index in [0.717, 1.165) is 37.5 Å². The molecule has 1 aliphatic rings. The zero-order valence-corrected chi connectivity index (χ0v) is 13.9.